The molecule has 3 fully saturated rings. The van der Waals surface area contributed by atoms with Crippen molar-refractivity contribution in [3.8, 4) is 5.75 Å². The number of hydrogen-bond donors (Lipinski definition) is 3. The Hall–Kier alpha value is -2.65. The first-order valence-electron chi connectivity index (χ1n) is 13.6. The molecule has 37 heavy (non-hydrogen) atoms. The van der Waals surface area contributed by atoms with Gasteiger partial charge in [-0.15, -0.1) is 0 Å². The summed E-state index contributed by atoms with van der Waals surface area (Å²) in [6.07, 6.45) is 2.73. The number of carbonyl (C=O) groups is 3. The normalized spacial score (nSPS) is 32.8. The third-order valence-electron chi connectivity index (χ3n) is 8.62. The van der Waals surface area contributed by atoms with Crippen LogP contribution in [0.5, 0.6) is 5.75 Å². The van der Waals surface area contributed by atoms with Crippen LogP contribution in [-0.2, 0) is 19.1 Å². The molecule has 1 aromatic carbocycles. The van der Waals surface area contributed by atoms with Gasteiger partial charge in [-0.2, -0.15) is 0 Å². The van der Waals surface area contributed by atoms with Crippen LogP contribution in [0.25, 0.3) is 0 Å². The van der Waals surface area contributed by atoms with Crippen molar-refractivity contribution in [3.63, 3.8) is 0 Å². The Morgan fingerprint density at radius 1 is 1.22 bits per heavy atom. The quantitative estimate of drug-likeness (QED) is 0.390. The van der Waals surface area contributed by atoms with Crippen LogP contribution >= 0.6 is 0 Å². The minimum absolute atomic E-state index is 0.0484. The van der Waals surface area contributed by atoms with E-state index >= 15 is 0 Å². The summed E-state index contributed by atoms with van der Waals surface area (Å²) >= 11 is 0. The van der Waals surface area contributed by atoms with Gasteiger partial charge in [-0.1, -0.05) is 27.2 Å². The zero-order valence-corrected chi connectivity index (χ0v) is 22.6. The van der Waals surface area contributed by atoms with E-state index in [1.807, 2.05) is 34.6 Å². The van der Waals surface area contributed by atoms with Crippen LogP contribution in [0.4, 0.5) is 5.69 Å². The molecule has 4 rings (SSSR count). The van der Waals surface area contributed by atoms with E-state index in [0.717, 1.165) is 12.8 Å². The first kappa shape index (κ1) is 27.4. The number of hydrogen-bond acceptors (Lipinski definition) is 6. The number of aliphatic hydroxyl groups is 1. The fourth-order valence-corrected chi connectivity index (χ4v) is 6.69. The van der Waals surface area contributed by atoms with Crippen molar-refractivity contribution < 1.29 is 29.0 Å². The van der Waals surface area contributed by atoms with Crippen LogP contribution in [0, 0.1) is 17.8 Å². The molecule has 1 aromatic rings. The number of fused-ring (bicyclic) bond motifs is 1. The molecule has 0 aromatic heterocycles. The topological polar surface area (TPSA) is 117 Å². The van der Waals surface area contributed by atoms with E-state index in [9.17, 15) is 19.5 Å². The summed E-state index contributed by atoms with van der Waals surface area (Å²) in [6.45, 7) is 10.5. The minimum atomic E-state index is -1.12. The van der Waals surface area contributed by atoms with E-state index in [4.69, 9.17) is 9.47 Å². The average Bonchev–Trinajstić information content (AvgIpc) is 3.38. The van der Waals surface area contributed by atoms with Gasteiger partial charge in [0.15, 0.2) is 0 Å². The highest BCUT2D eigenvalue weighted by Crippen LogP contribution is 2.65. The summed E-state index contributed by atoms with van der Waals surface area (Å²) in [5, 5.41) is 16.1. The van der Waals surface area contributed by atoms with Crippen molar-refractivity contribution in [1.29, 1.82) is 0 Å². The highest BCUT2D eigenvalue weighted by Gasteiger charge is 2.80. The number of benzene rings is 1. The molecule has 7 atom stereocenters. The molecule has 3 aliphatic heterocycles. The second-order valence-corrected chi connectivity index (χ2v) is 10.8. The standard InChI is InChI=1S/C28H41N3O6/c1-6-9-14-29-25(34)23-28-15-17(4)27(5,37-28)21(22(28)26(35)31(23)19(7-2)16-32)24(33)30-18-10-12-20(13-11-18)36-8-3/h10-13,17,19,21-23,32H,6-9,14-16H2,1-5H3,(H,29,34)(H,30,33)/t17?,19-,21+,22-,23?,27-,28?/m0/s1. The van der Waals surface area contributed by atoms with E-state index in [1.165, 1.54) is 4.90 Å². The summed E-state index contributed by atoms with van der Waals surface area (Å²) in [4.78, 5) is 43.0. The number of ether oxygens (including phenoxy) is 2. The number of nitrogens with one attached hydrogen (secondary N) is 2. The largest absolute Gasteiger partial charge is 0.494 e. The molecule has 0 aliphatic carbocycles. The molecule has 0 saturated carbocycles. The number of amides is 3. The molecule has 204 valence electrons. The summed E-state index contributed by atoms with van der Waals surface area (Å²) < 4.78 is 12.2. The molecule has 9 heteroatoms. The van der Waals surface area contributed by atoms with Gasteiger partial charge in [0, 0.05) is 12.2 Å². The number of carbonyl (C=O) groups excluding carboxylic acids is 3. The van der Waals surface area contributed by atoms with Gasteiger partial charge in [-0.3, -0.25) is 14.4 Å². The SMILES string of the molecule is CCCCNC(=O)C1N([C@@H](CC)CO)C(=O)[C@@H]2[C@H](C(=O)Nc3ccc(OCC)cc3)[C@@]3(C)OC12CC3C. The molecule has 2 bridgehead atoms. The van der Waals surface area contributed by atoms with Crippen molar-refractivity contribution >= 4 is 23.4 Å². The van der Waals surface area contributed by atoms with Crippen molar-refractivity contribution in [2.75, 3.05) is 25.1 Å². The Morgan fingerprint density at radius 3 is 2.51 bits per heavy atom. The fraction of sp³-hybridized carbons (Fsp3) is 0.679. The molecule has 1 spiro atoms. The number of rotatable bonds is 11. The van der Waals surface area contributed by atoms with Gasteiger partial charge in [0.05, 0.1) is 36.7 Å². The smallest absolute Gasteiger partial charge is 0.245 e. The zero-order valence-electron chi connectivity index (χ0n) is 22.6. The lowest BCUT2D eigenvalue weighted by molar-refractivity contribution is -0.149. The highest BCUT2D eigenvalue weighted by molar-refractivity contribution is 6.02. The lowest BCUT2D eigenvalue weighted by atomic mass is 9.62. The van der Waals surface area contributed by atoms with Gasteiger partial charge in [0.2, 0.25) is 17.7 Å². The van der Waals surface area contributed by atoms with E-state index in [-0.39, 0.29) is 30.2 Å². The highest BCUT2D eigenvalue weighted by atomic mass is 16.5. The monoisotopic (exact) mass is 515 g/mol. The van der Waals surface area contributed by atoms with Crippen LogP contribution in [-0.4, -0.2) is 70.8 Å². The number of likely N-dealkylation sites (tertiary alicyclic amines) is 1. The number of aliphatic hydroxyl groups excluding tert-OH is 1. The number of unbranched alkanes of at least 4 members (excludes halogenated alkanes) is 1. The van der Waals surface area contributed by atoms with Crippen molar-refractivity contribution in [1.82, 2.24) is 10.2 Å². The van der Waals surface area contributed by atoms with Crippen molar-refractivity contribution in [2.24, 2.45) is 17.8 Å². The van der Waals surface area contributed by atoms with Crippen molar-refractivity contribution in [2.45, 2.75) is 83.6 Å². The Morgan fingerprint density at radius 2 is 1.92 bits per heavy atom. The molecular formula is C28H41N3O6. The summed E-state index contributed by atoms with van der Waals surface area (Å²) in [7, 11) is 0. The minimum Gasteiger partial charge on any atom is -0.494 e. The third kappa shape index (κ3) is 4.40. The molecule has 3 aliphatic rings. The van der Waals surface area contributed by atoms with Gasteiger partial charge in [0.25, 0.3) is 0 Å². The molecule has 3 amide bonds. The molecular weight excluding hydrogens is 474 g/mol. The first-order chi connectivity index (χ1) is 17.7. The van der Waals surface area contributed by atoms with Gasteiger partial charge >= 0.3 is 0 Å². The van der Waals surface area contributed by atoms with Gasteiger partial charge in [-0.05, 0) is 63.3 Å². The molecule has 9 nitrogen and oxygen atoms in total. The van der Waals surface area contributed by atoms with Gasteiger partial charge in [-0.25, -0.2) is 0 Å². The Bertz CT molecular complexity index is 1010. The number of nitrogens with zero attached hydrogens (tertiary/aromatic N) is 1. The second kappa shape index (κ2) is 10.6. The fourth-order valence-electron chi connectivity index (χ4n) is 6.69. The lowest BCUT2D eigenvalue weighted by Crippen LogP contribution is -2.58. The lowest BCUT2D eigenvalue weighted by Gasteiger charge is -2.36. The van der Waals surface area contributed by atoms with E-state index < -0.39 is 35.1 Å². The predicted molar refractivity (Wildman–Crippen MR) is 139 cm³/mol. The molecule has 0 radical (unpaired) electrons. The van der Waals surface area contributed by atoms with Crippen molar-refractivity contribution in [3.05, 3.63) is 24.3 Å². The van der Waals surface area contributed by atoms with E-state index in [1.54, 1.807) is 24.3 Å². The van der Waals surface area contributed by atoms with Crippen LogP contribution in [0.2, 0.25) is 0 Å². The average molecular weight is 516 g/mol. The maximum absolute atomic E-state index is 14.1. The Balaban J connectivity index is 1.69. The maximum atomic E-state index is 14.1. The summed E-state index contributed by atoms with van der Waals surface area (Å²) in [5.41, 5.74) is -1.42. The summed E-state index contributed by atoms with van der Waals surface area (Å²) in [5.74, 6) is -1.80. The zero-order chi connectivity index (χ0) is 27.0. The van der Waals surface area contributed by atoms with Crippen LogP contribution in [0.3, 0.4) is 0 Å². The first-order valence-corrected chi connectivity index (χ1v) is 13.6. The van der Waals surface area contributed by atoms with Gasteiger partial charge < -0.3 is 30.1 Å². The predicted octanol–water partition coefficient (Wildman–Crippen LogP) is 2.72. The molecule has 3 saturated heterocycles. The van der Waals surface area contributed by atoms with Crippen LogP contribution < -0.4 is 15.4 Å². The Kier molecular flexibility index (Phi) is 7.85. The Labute approximate surface area is 219 Å². The third-order valence-corrected chi connectivity index (χ3v) is 8.62. The summed E-state index contributed by atoms with van der Waals surface area (Å²) in [6, 6.07) is 5.68. The van der Waals surface area contributed by atoms with Crippen LogP contribution in [0.15, 0.2) is 24.3 Å². The van der Waals surface area contributed by atoms with Crippen LogP contribution in [0.1, 0.15) is 60.3 Å². The maximum Gasteiger partial charge on any atom is 0.245 e. The van der Waals surface area contributed by atoms with E-state index in [2.05, 4.69) is 10.6 Å². The molecule has 3 N–H and O–H groups in total. The van der Waals surface area contributed by atoms with E-state index in [0.29, 0.717) is 37.4 Å². The molecule has 3 heterocycles. The molecule has 3 unspecified atom stereocenters. The number of anilines is 1. The second-order valence-electron chi connectivity index (χ2n) is 10.8. The van der Waals surface area contributed by atoms with Gasteiger partial charge in [0.1, 0.15) is 17.4 Å².